The molecule has 0 bridgehead atoms. The second kappa shape index (κ2) is 8.08. The van der Waals surface area contributed by atoms with Crippen LogP contribution >= 0.6 is 0 Å². The predicted molar refractivity (Wildman–Crippen MR) is 102 cm³/mol. The standard InChI is InChI=1S/C19H22N2O5S/c1-14-13-26-10-9-21(14)27(23,24)18-8-3-5-15(11-18)19(22)20-16-6-4-7-17(12-16)25-2/h3-8,11-12,14H,9-10,13H2,1-2H3,(H,20,22). The largest absolute Gasteiger partial charge is 0.497 e. The van der Waals surface area contributed by atoms with E-state index in [4.69, 9.17) is 9.47 Å². The molecule has 0 radical (unpaired) electrons. The van der Waals surface area contributed by atoms with Crippen LogP contribution in [0.4, 0.5) is 5.69 Å². The van der Waals surface area contributed by atoms with Crippen LogP contribution in [0.2, 0.25) is 0 Å². The van der Waals surface area contributed by atoms with Crippen molar-refractivity contribution < 1.29 is 22.7 Å². The minimum Gasteiger partial charge on any atom is -0.497 e. The van der Waals surface area contributed by atoms with Crippen LogP contribution in [0.15, 0.2) is 53.4 Å². The molecule has 8 heteroatoms. The molecule has 1 heterocycles. The van der Waals surface area contributed by atoms with E-state index in [1.54, 1.807) is 50.4 Å². The molecule has 0 spiro atoms. The van der Waals surface area contributed by atoms with Gasteiger partial charge in [-0.15, -0.1) is 0 Å². The van der Waals surface area contributed by atoms with Gasteiger partial charge in [0.05, 0.1) is 25.2 Å². The maximum absolute atomic E-state index is 12.9. The first-order valence-corrected chi connectivity index (χ1v) is 10.0. The van der Waals surface area contributed by atoms with E-state index in [2.05, 4.69) is 5.32 Å². The topological polar surface area (TPSA) is 84.9 Å². The van der Waals surface area contributed by atoms with E-state index in [9.17, 15) is 13.2 Å². The predicted octanol–water partition coefficient (Wildman–Crippen LogP) is 2.36. The van der Waals surface area contributed by atoms with Gasteiger partial charge in [-0.05, 0) is 37.3 Å². The monoisotopic (exact) mass is 390 g/mol. The lowest BCUT2D eigenvalue weighted by Crippen LogP contribution is -2.46. The molecule has 1 fully saturated rings. The molecular formula is C19H22N2O5S. The second-order valence-corrected chi connectivity index (χ2v) is 8.14. The number of hydrogen-bond acceptors (Lipinski definition) is 5. The summed E-state index contributed by atoms with van der Waals surface area (Å²) < 4.78 is 37.7. The Hall–Kier alpha value is -2.42. The third kappa shape index (κ3) is 4.29. The molecule has 1 aliphatic heterocycles. The van der Waals surface area contributed by atoms with Gasteiger partial charge in [0.25, 0.3) is 5.91 Å². The molecule has 7 nitrogen and oxygen atoms in total. The molecular weight excluding hydrogens is 368 g/mol. The van der Waals surface area contributed by atoms with Crippen molar-refractivity contribution in [3.05, 3.63) is 54.1 Å². The van der Waals surface area contributed by atoms with E-state index in [0.717, 1.165) is 0 Å². The minimum absolute atomic E-state index is 0.0922. The summed E-state index contributed by atoms with van der Waals surface area (Å²) in [4.78, 5) is 12.6. The number of carbonyl (C=O) groups is 1. The minimum atomic E-state index is -3.70. The molecule has 144 valence electrons. The number of carbonyl (C=O) groups excluding carboxylic acids is 1. The van der Waals surface area contributed by atoms with Crippen LogP contribution < -0.4 is 10.1 Å². The summed E-state index contributed by atoms with van der Waals surface area (Å²) in [6.45, 7) is 2.81. The lowest BCUT2D eigenvalue weighted by molar-refractivity contribution is 0.0393. The first-order chi connectivity index (χ1) is 12.9. The highest BCUT2D eigenvalue weighted by Crippen LogP contribution is 2.22. The molecule has 0 aliphatic carbocycles. The van der Waals surface area contributed by atoms with Crippen LogP contribution in [-0.4, -0.2) is 51.5 Å². The van der Waals surface area contributed by atoms with Crippen molar-refractivity contribution in [1.29, 1.82) is 0 Å². The molecule has 1 unspecified atom stereocenters. The zero-order chi connectivity index (χ0) is 19.4. The van der Waals surface area contributed by atoms with Crippen LogP contribution in [0.3, 0.4) is 0 Å². The normalized spacial score (nSPS) is 18.1. The van der Waals surface area contributed by atoms with E-state index >= 15 is 0 Å². The van der Waals surface area contributed by atoms with Gasteiger partial charge in [-0.3, -0.25) is 4.79 Å². The summed E-state index contributed by atoms with van der Waals surface area (Å²) in [6.07, 6.45) is 0. The zero-order valence-electron chi connectivity index (χ0n) is 15.2. The van der Waals surface area contributed by atoms with Crippen molar-refractivity contribution in [2.75, 3.05) is 32.2 Å². The molecule has 0 aromatic heterocycles. The van der Waals surface area contributed by atoms with Crippen LogP contribution in [0.1, 0.15) is 17.3 Å². The summed E-state index contributed by atoms with van der Waals surface area (Å²) in [5.41, 5.74) is 0.828. The van der Waals surface area contributed by atoms with E-state index in [-0.39, 0.29) is 16.5 Å². The number of ether oxygens (including phenoxy) is 2. The second-order valence-electron chi connectivity index (χ2n) is 6.25. The summed E-state index contributed by atoms with van der Waals surface area (Å²) in [5.74, 6) is 0.223. The van der Waals surface area contributed by atoms with Gasteiger partial charge >= 0.3 is 0 Å². The van der Waals surface area contributed by atoms with Crippen LogP contribution in [0, 0.1) is 0 Å². The van der Waals surface area contributed by atoms with Crippen molar-refractivity contribution in [3.63, 3.8) is 0 Å². The Morgan fingerprint density at radius 3 is 2.74 bits per heavy atom. The number of nitrogens with one attached hydrogen (secondary N) is 1. The zero-order valence-corrected chi connectivity index (χ0v) is 16.0. The van der Waals surface area contributed by atoms with E-state index in [1.165, 1.54) is 16.4 Å². The Balaban J connectivity index is 1.83. The average Bonchev–Trinajstić information content (AvgIpc) is 2.68. The van der Waals surface area contributed by atoms with Crippen molar-refractivity contribution in [2.24, 2.45) is 0 Å². The van der Waals surface area contributed by atoms with Gasteiger partial charge in [0, 0.05) is 29.9 Å². The van der Waals surface area contributed by atoms with Crippen molar-refractivity contribution in [1.82, 2.24) is 4.31 Å². The van der Waals surface area contributed by atoms with Crippen LogP contribution in [0.5, 0.6) is 5.75 Å². The fourth-order valence-corrected chi connectivity index (χ4v) is 4.55. The Kier molecular flexibility index (Phi) is 5.79. The molecule has 27 heavy (non-hydrogen) atoms. The Labute approximate surface area is 158 Å². The fraction of sp³-hybridized carbons (Fsp3) is 0.316. The number of methoxy groups -OCH3 is 1. The maximum Gasteiger partial charge on any atom is 0.255 e. The highest BCUT2D eigenvalue weighted by atomic mass is 32.2. The third-order valence-corrected chi connectivity index (χ3v) is 6.35. The van der Waals surface area contributed by atoms with Crippen molar-refractivity contribution in [3.8, 4) is 5.75 Å². The first-order valence-electron chi connectivity index (χ1n) is 8.57. The quantitative estimate of drug-likeness (QED) is 0.847. The van der Waals surface area contributed by atoms with Gasteiger partial charge in [-0.1, -0.05) is 12.1 Å². The van der Waals surface area contributed by atoms with Crippen molar-refractivity contribution in [2.45, 2.75) is 17.9 Å². The Morgan fingerprint density at radius 2 is 2.00 bits per heavy atom. The maximum atomic E-state index is 12.9. The lowest BCUT2D eigenvalue weighted by Gasteiger charge is -2.32. The number of amides is 1. The molecule has 2 aromatic rings. The molecule has 0 saturated carbocycles. The van der Waals surface area contributed by atoms with Gasteiger partial charge in [-0.2, -0.15) is 4.31 Å². The van der Waals surface area contributed by atoms with Gasteiger partial charge < -0.3 is 14.8 Å². The van der Waals surface area contributed by atoms with Gasteiger partial charge in [0.15, 0.2) is 0 Å². The van der Waals surface area contributed by atoms with Gasteiger partial charge in [-0.25, -0.2) is 8.42 Å². The highest BCUT2D eigenvalue weighted by Gasteiger charge is 2.31. The number of sulfonamides is 1. The molecule has 2 aromatic carbocycles. The number of anilines is 1. The van der Waals surface area contributed by atoms with Crippen molar-refractivity contribution >= 4 is 21.6 Å². The molecule has 1 N–H and O–H groups in total. The summed E-state index contributed by atoms with van der Waals surface area (Å²) >= 11 is 0. The SMILES string of the molecule is COc1cccc(NC(=O)c2cccc(S(=O)(=O)N3CCOCC3C)c2)c1. The van der Waals surface area contributed by atoms with E-state index < -0.39 is 15.9 Å². The van der Waals surface area contributed by atoms with Crippen LogP contribution in [0.25, 0.3) is 0 Å². The molecule has 1 saturated heterocycles. The molecule has 1 atom stereocenters. The molecule has 1 amide bonds. The Bertz CT molecular complexity index is 929. The fourth-order valence-electron chi connectivity index (χ4n) is 2.91. The smallest absolute Gasteiger partial charge is 0.255 e. The Morgan fingerprint density at radius 1 is 1.22 bits per heavy atom. The van der Waals surface area contributed by atoms with Gasteiger partial charge in [0.1, 0.15) is 5.75 Å². The number of hydrogen-bond donors (Lipinski definition) is 1. The summed E-state index contributed by atoms with van der Waals surface area (Å²) in [5, 5.41) is 2.75. The summed E-state index contributed by atoms with van der Waals surface area (Å²) in [7, 11) is -2.15. The number of nitrogens with zero attached hydrogens (tertiary/aromatic N) is 1. The van der Waals surface area contributed by atoms with E-state index in [0.29, 0.717) is 31.2 Å². The first kappa shape index (κ1) is 19.3. The summed E-state index contributed by atoms with van der Waals surface area (Å²) in [6, 6.07) is 12.7. The number of benzene rings is 2. The highest BCUT2D eigenvalue weighted by molar-refractivity contribution is 7.89. The van der Waals surface area contributed by atoms with Gasteiger partial charge in [0.2, 0.25) is 10.0 Å². The number of morpholine rings is 1. The lowest BCUT2D eigenvalue weighted by atomic mass is 10.2. The number of rotatable bonds is 5. The molecule has 1 aliphatic rings. The average molecular weight is 390 g/mol. The third-order valence-electron chi connectivity index (χ3n) is 4.34. The van der Waals surface area contributed by atoms with Crippen LogP contribution in [-0.2, 0) is 14.8 Å². The van der Waals surface area contributed by atoms with E-state index in [1.807, 2.05) is 0 Å². The molecule has 3 rings (SSSR count).